The fourth-order valence-corrected chi connectivity index (χ4v) is 4.60. The summed E-state index contributed by atoms with van der Waals surface area (Å²) in [5.74, 6) is 2.07. The van der Waals surface area contributed by atoms with Crippen molar-refractivity contribution in [3.63, 3.8) is 0 Å². The number of likely N-dealkylation sites (tertiary alicyclic amines) is 2. The number of hydrogen-bond donors (Lipinski definition) is 1. The molecule has 1 N–H and O–H groups in total. The van der Waals surface area contributed by atoms with E-state index < -0.39 is 6.10 Å². The predicted molar refractivity (Wildman–Crippen MR) is 101 cm³/mol. The van der Waals surface area contributed by atoms with Crippen molar-refractivity contribution in [2.45, 2.75) is 31.8 Å². The first kappa shape index (κ1) is 18.7. The van der Waals surface area contributed by atoms with Crippen LogP contribution in [-0.2, 0) is 4.79 Å². The van der Waals surface area contributed by atoms with Crippen molar-refractivity contribution in [1.29, 1.82) is 0 Å². The van der Waals surface area contributed by atoms with Gasteiger partial charge in [0.25, 0.3) is 0 Å². The molecule has 1 amide bonds. The molecule has 25 heavy (non-hydrogen) atoms. The molecule has 0 aromatic carbocycles. The molecule has 2 saturated heterocycles. The van der Waals surface area contributed by atoms with Crippen LogP contribution in [0.25, 0.3) is 0 Å². The van der Waals surface area contributed by atoms with Gasteiger partial charge in [0, 0.05) is 31.6 Å². The largest absolute Gasteiger partial charge is 0.387 e. The van der Waals surface area contributed by atoms with Gasteiger partial charge >= 0.3 is 0 Å². The van der Waals surface area contributed by atoms with E-state index >= 15 is 0 Å². The second-order valence-corrected chi connectivity index (χ2v) is 8.12. The Hall–Kier alpha value is -1.11. The highest BCUT2D eigenvalue weighted by Gasteiger charge is 2.28. The average molecular weight is 364 g/mol. The summed E-state index contributed by atoms with van der Waals surface area (Å²) >= 11 is 1.75. The number of piperidine rings is 1. The van der Waals surface area contributed by atoms with Crippen molar-refractivity contribution in [3.8, 4) is 0 Å². The maximum atomic E-state index is 12.4. The fourth-order valence-electron chi connectivity index (χ4n) is 3.71. The standard InChI is InChI=1S/C19H29N3O2S/c23-18(15-25-14-13-21-9-3-4-10-21)22-11-6-16(7-12-22)19(24)17-5-1-2-8-20-17/h1-2,5,8,16,19,24H,3-4,6-7,9-15H2/t19-/m1/s1. The van der Waals surface area contributed by atoms with E-state index in [2.05, 4.69) is 9.88 Å². The van der Waals surface area contributed by atoms with Crippen molar-refractivity contribution < 1.29 is 9.90 Å². The number of carbonyl (C=O) groups is 1. The SMILES string of the molecule is O=C(CSCCN1CCCC1)N1CCC([C@@H](O)c2ccccn2)CC1. The van der Waals surface area contributed by atoms with Crippen LogP contribution < -0.4 is 0 Å². The summed E-state index contributed by atoms with van der Waals surface area (Å²) in [6.07, 6.45) is 5.54. The maximum absolute atomic E-state index is 12.4. The summed E-state index contributed by atoms with van der Waals surface area (Å²) in [4.78, 5) is 21.1. The summed E-state index contributed by atoms with van der Waals surface area (Å²) < 4.78 is 0. The van der Waals surface area contributed by atoms with Crippen molar-refractivity contribution in [1.82, 2.24) is 14.8 Å². The van der Waals surface area contributed by atoms with Gasteiger partial charge in [-0.05, 0) is 56.8 Å². The highest BCUT2D eigenvalue weighted by molar-refractivity contribution is 7.99. The predicted octanol–water partition coefficient (Wildman–Crippen LogP) is 2.18. The minimum Gasteiger partial charge on any atom is -0.387 e. The van der Waals surface area contributed by atoms with E-state index in [0.717, 1.165) is 43.9 Å². The van der Waals surface area contributed by atoms with Crippen LogP contribution in [0.3, 0.4) is 0 Å². The van der Waals surface area contributed by atoms with Gasteiger partial charge in [0.1, 0.15) is 0 Å². The zero-order valence-corrected chi connectivity index (χ0v) is 15.7. The van der Waals surface area contributed by atoms with Gasteiger partial charge in [0.2, 0.25) is 5.91 Å². The zero-order valence-electron chi connectivity index (χ0n) is 14.8. The lowest BCUT2D eigenvalue weighted by molar-refractivity contribution is -0.130. The summed E-state index contributed by atoms with van der Waals surface area (Å²) in [7, 11) is 0. The van der Waals surface area contributed by atoms with Crippen molar-refractivity contribution >= 4 is 17.7 Å². The van der Waals surface area contributed by atoms with Gasteiger partial charge in [-0.1, -0.05) is 6.07 Å². The molecular weight excluding hydrogens is 334 g/mol. The first-order valence-electron chi connectivity index (χ1n) is 9.41. The lowest BCUT2D eigenvalue weighted by Gasteiger charge is -2.34. The summed E-state index contributed by atoms with van der Waals surface area (Å²) in [5, 5.41) is 10.5. The quantitative estimate of drug-likeness (QED) is 0.753. The Morgan fingerprint density at radius 1 is 1.24 bits per heavy atom. The third-order valence-corrected chi connectivity index (χ3v) is 6.23. The molecule has 3 heterocycles. The molecule has 6 heteroatoms. The lowest BCUT2D eigenvalue weighted by Crippen LogP contribution is -2.40. The summed E-state index contributed by atoms with van der Waals surface area (Å²) in [6, 6.07) is 5.64. The highest BCUT2D eigenvalue weighted by atomic mass is 32.2. The first-order chi connectivity index (χ1) is 12.2. The minimum absolute atomic E-state index is 0.196. The van der Waals surface area contributed by atoms with Gasteiger partial charge in [0.05, 0.1) is 17.6 Å². The number of nitrogens with zero attached hydrogens (tertiary/aromatic N) is 3. The van der Waals surface area contributed by atoms with Crippen LogP contribution in [0.15, 0.2) is 24.4 Å². The van der Waals surface area contributed by atoms with Crippen molar-refractivity contribution in [3.05, 3.63) is 30.1 Å². The van der Waals surface area contributed by atoms with E-state index in [9.17, 15) is 9.90 Å². The van der Waals surface area contributed by atoms with Crippen LogP contribution in [0.5, 0.6) is 0 Å². The first-order valence-corrected chi connectivity index (χ1v) is 10.6. The number of carbonyl (C=O) groups excluding carboxylic acids is 1. The molecule has 0 bridgehead atoms. The van der Waals surface area contributed by atoms with Crippen LogP contribution >= 0.6 is 11.8 Å². The number of aliphatic hydroxyl groups is 1. The molecule has 1 aromatic heterocycles. The topological polar surface area (TPSA) is 56.7 Å². The van der Waals surface area contributed by atoms with Crippen LogP contribution in [-0.4, -0.2) is 70.0 Å². The summed E-state index contributed by atoms with van der Waals surface area (Å²) in [6.45, 7) is 5.05. The Morgan fingerprint density at radius 3 is 2.68 bits per heavy atom. The number of rotatable bonds is 7. The van der Waals surface area contributed by atoms with Crippen molar-refractivity contribution in [2.24, 2.45) is 5.92 Å². The molecule has 2 fully saturated rings. The smallest absolute Gasteiger partial charge is 0.232 e. The lowest BCUT2D eigenvalue weighted by atomic mass is 9.89. The third kappa shape index (κ3) is 5.43. The van der Waals surface area contributed by atoms with Gasteiger partial charge in [0.15, 0.2) is 0 Å². The molecule has 0 aliphatic carbocycles. The molecule has 1 atom stereocenters. The molecule has 0 unspecified atom stereocenters. The van der Waals surface area contributed by atoms with E-state index in [1.807, 2.05) is 23.1 Å². The van der Waals surface area contributed by atoms with Gasteiger partial charge in [-0.25, -0.2) is 0 Å². The van der Waals surface area contributed by atoms with Gasteiger partial charge < -0.3 is 14.9 Å². The molecule has 3 rings (SSSR count). The van der Waals surface area contributed by atoms with Crippen LogP contribution in [0, 0.1) is 5.92 Å². The van der Waals surface area contributed by atoms with Gasteiger partial charge in [-0.15, -0.1) is 0 Å². The van der Waals surface area contributed by atoms with E-state index in [-0.39, 0.29) is 11.8 Å². The van der Waals surface area contributed by atoms with Crippen LogP contribution in [0.2, 0.25) is 0 Å². The zero-order chi connectivity index (χ0) is 17.5. The fraction of sp³-hybridized carbons (Fsp3) is 0.684. The number of hydrogen-bond acceptors (Lipinski definition) is 5. The molecule has 1 aromatic rings. The second-order valence-electron chi connectivity index (χ2n) is 7.02. The monoisotopic (exact) mass is 363 g/mol. The molecule has 138 valence electrons. The number of aliphatic hydroxyl groups excluding tert-OH is 1. The van der Waals surface area contributed by atoms with Gasteiger partial charge in [-0.2, -0.15) is 11.8 Å². The molecule has 0 radical (unpaired) electrons. The van der Waals surface area contributed by atoms with E-state index in [1.54, 1.807) is 18.0 Å². The van der Waals surface area contributed by atoms with Crippen LogP contribution in [0.4, 0.5) is 0 Å². The molecule has 5 nitrogen and oxygen atoms in total. The molecule has 2 aliphatic heterocycles. The summed E-state index contributed by atoms with van der Waals surface area (Å²) in [5.41, 5.74) is 0.741. The van der Waals surface area contributed by atoms with Crippen molar-refractivity contribution in [2.75, 3.05) is 44.2 Å². The highest BCUT2D eigenvalue weighted by Crippen LogP contribution is 2.29. The molecular formula is C19H29N3O2S. The normalized spacial score (nSPS) is 20.8. The number of aromatic nitrogens is 1. The molecule has 2 aliphatic rings. The molecule has 0 saturated carbocycles. The van der Waals surface area contributed by atoms with E-state index in [4.69, 9.17) is 0 Å². The third-order valence-electron chi connectivity index (χ3n) is 5.31. The Balaban J connectivity index is 1.34. The van der Waals surface area contributed by atoms with E-state index in [1.165, 1.54) is 25.9 Å². The second kappa shape index (κ2) is 9.55. The Kier molecular flexibility index (Phi) is 7.13. The van der Waals surface area contributed by atoms with Crippen LogP contribution in [0.1, 0.15) is 37.5 Å². The average Bonchev–Trinajstić information content (AvgIpc) is 3.19. The Labute approximate surface area is 154 Å². The Bertz CT molecular complexity index is 529. The number of pyridine rings is 1. The number of amides is 1. The van der Waals surface area contributed by atoms with E-state index in [0.29, 0.717) is 5.75 Å². The molecule has 0 spiro atoms. The maximum Gasteiger partial charge on any atom is 0.232 e. The number of thioether (sulfide) groups is 1. The Morgan fingerprint density at radius 2 is 2.00 bits per heavy atom. The van der Waals surface area contributed by atoms with Gasteiger partial charge in [-0.3, -0.25) is 9.78 Å². The minimum atomic E-state index is -0.520.